The van der Waals surface area contributed by atoms with Crippen LogP contribution in [0.1, 0.15) is 44.6 Å². The van der Waals surface area contributed by atoms with E-state index in [0.717, 1.165) is 24.2 Å². The SMILES string of the molecule is CO[C@@H](C)Oc1ccc(C(C)C(=O)C2(CCOCCN=O)CC2)cc1. The third kappa shape index (κ3) is 5.34. The van der Waals surface area contributed by atoms with Crippen LogP contribution in [0.15, 0.2) is 29.4 Å². The lowest BCUT2D eigenvalue weighted by molar-refractivity contribution is -0.126. The highest BCUT2D eigenvalue weighted by Gasteiger charge is 2.50. The van der Waals surface area contributed by atoms with E-state index < -0.39 is 0 Å². The number of benzene rings is 1. The van der Waals surface area contributed by atoms with Crippen LogP contribution in [0.5, 0.6) is 5.75 Å². The largest absolute Gasteiger partial charge is 0.465 e. The average molecular weight is 349 g/mol. The van der Waals surface area contributed by atoms with Crippen molar-refractivity contribution in [2.75, 3.05) is 26.9 Å². The Morgan fingerprint density at radius 1 is 1.20 bits per heavy atom. The minimum Gasteiger partial charge on any atom is -0.465 e. The van der Waals surface area contributed by atoms with Crippen LogP contribution in [0, 0.1) is 10.3 Å². The summed E-state index contributed by atoms with van der Waals surface area (Å²) in [6, 6.07) is 7.60. The van der Waals surface area contributed by atoms with Gasteiger partial charge in [-0.25, -0.2) is 0 Å². The fourth-order valence-electron chi connectivity index (χ4n) is 2.93. The summed E-state index contributed by atoms with van der Waals surface area (Å²) in [5.41, 5.74) is 0.730. The summed E-state index contributed by atoms with van der Waals surface area (Å²) >= 11 is 0. The smallest absolute Gasteiger partial charge is 0.196 e. The van der Waals surface area contributed by atoms with Crippen LogP contribution < -0.4 is 4.74 Å². The Morgan fingerprint density at radius 2 is 1.88 bits per heavy atom. The molecule has 1 unspecified atom stereocenters. The molecule has 1 saturated carbocycles. The number of carbonyl (C=O) groups is 1. The van der Waals surface area contributed by atoms with Crippen molar-refractivity contribution in [3.8, 4) is 5.75 Å². The molecule has 1 aromatic carbocycles. The molecule has 25 heavy (non-hydrogen) atoms. The van der Waals surface area contributed by atoms with E-state index in [0.29, 0.717) is 19.6 Å². The van der Waals surface area contributed by atoms with E-state index >= 15 is 0 Å². The molecule has 0 amide bonds. The van der Waals surface area contributed by atoms with Gasteiger partial charge >= 0.3 is 0 Å². The maximum atomic E-state index is 12.9. The average Bonchev–Trinajstić information content (AvgIpc) is 3.42. The number of nitrogens with zero attached hydrogens (tertiary/aromatic N) is 1. The van der Waals surface area contributed by atoms with Gasteiger partial charge in [0.2, 0.25) is 0 Å². The van der Waals surface area contributed by atoms with Gasteiger partial charge < -0.3 is 14.2 Å². The fourth-order valence-corrected chi connectivity index (χ4v) is 2.93. The lowest BCUT2D eigenvalue weighted by atomic mass is 9.85. The number of Topliss-reactive ketones (excluding diaryl/α,β-unsaturated/α-hetero) is 1. The van der Waals surface area contributed by atoms with E-state index in [4.69, 9.17) is 14.2 Å². The molecule has 1 aliphatic carbocycles. The van der Waals surface area contributed by atoms with Crippen molar-refractivity contribution in [3.63, 3.8) is 0 Å². The molecule has 0 saturated heterocycles. The summed E-state index contributed by atoms with van der Waals surface area (Å²) < 4.78 is 16.0. The van der Waals surface area contributed by atoms with Gasteiger partial charge in [-0.3, -0.25) is 4.79 Å². The molecule has 138 valence electrons. The maximum absolute atomic E-state index is 12.9. The summed E-state index contributed by atoms with van der Waals surface area (Å²) in [5.74, 6) is 0.827. The summed E-state index contributed by atoms with van der Waals surface area (Å²) in [5, 5.41) is 2.76. The van der Waals surface area contributed by atoms with E-state index in [1.165, 1.54) is 0 Å². The van der Waals surface area contributed by atoms with Gasteiger partial charge in [0.15, 0.2) is 6.29 Å². The Labute approximate surface area is 148 Å². The monoisotopic (exact) mass is 349 g/mol. The van der Waals surface area contributed by atoms with Crippen molar-refractivity contribution in [1.29, 1.82) is 0 Å². The maximum Gasteiger partial charge on any atom is 0.196 e. The highest BCUT2D eigenvalue weighted by atomic mass is 16.7. The normalized spacial score (nSPS) is 17.6. The van der Waals surface area contributed by atoms with Crippen molar-refractivity contribution in [3.05, 3.63) is 34.7 Å². The molecular formula is C19H27NO5. The Kier molecular flexibility index (Phi) is 7.08. The van der Waals surface area contributed by atoms with E-state index in [9.17, 15) is 9.70 Å². The molecule has 0 aliphatic heterocycles. The number of carbonyl (C=O) groups excluding carboxylic acids is 1. The van der Waals surface area contributed by atoms with Crippen molar-refractivity contribution in [2.45, 2.75) is 45.3 Å². The number of methoxy groups -OCH3 is 1. The zero-order chi connectivity index (χ0) is 18.3. The fraction of sp³-hybridized carbons (Fsp3) is 0.632. The first-order valence-corrected chi connectivity index (χ1v) is 8.73. The van der Waals surface area contributed by atoms with Crippen LogP contribution in [0.25, 0.3) is 0 Å². The highest BCUT2D eigenvalue weighted by molar-refractivity contribution is 5.92. The lowest BCUT2D eigenvalue weighted by Gasteiger charge is -2.20. The van der Waals surface area contributed by atoms with Crippen LogP contribution >= 0.6 is 0 Å². The van der Waals surface area contributed by atoms with E-state index in [-0.39, 0.29) is 30.0 Å². The van der Waals surface area contributed by atoms with Crippen LogP contribution in [-0.4, -0.2) is 38.9 Å². The highest BCUT2D eigenvalue weighted by Crippen LogP contribution is 2.52. The van der Waals surface area contributed by atoms with Crippen LogP contribution in [0.4, 0.5) is 0 Å². The molecule has 1 fully saturated rings. The molecule has 0 bridgehead atoms. The van der Waals surface area contributed by atoms with E-state index in [2.05, 4.69) is 5.18 Å². The Balaban J connectivity index is 1.89. The minimum atomic E-state index is -0.311. The number of rotatable bonds is 12. The molecule has 0 heterocycles. The van der Waals surface area contributed by atoms with Gasteiger partial charge in [0.1, 0.15) is 18.1 Å². The van der Waals surface area contributed by atoms with Gasteiger partial charge in [0.25, 0.3) is 0 Å². The first kappa shape index (κ1) is 19.5. The first-order chi connectivity index (χ1) is 12.0. The third-order valence-electron chi connectivity index (χ3n) is 4.84. The van der Waals surface area contributed by atoms with Crippen LogP contribution in [0.3, 0.4) is 0 Å². The van der Waals surface area contributed by atoms with E-state index in [1.807, 2.05) is 38.1 Å². The quantitative estimate of drug-likeness (QED) is 0.327. The summed E-state index contributed by atoms with van der Waals surface area (Å²) in [6.07, 6.45) is 2.23. The van der Waals surface area contributed by atoms with Gasteiger partial charge in [0.05, 0.1) is 6.61 Å². The topological polar surface area (TPSA) is 74.2 Å². The second-order valence-electron chi connectivity index (χ2n) is 6.57. The zero-order valence-corrected chi connectivity index (χ0v) is 15.2. The molecule has 0 radical (unpaired) electrons. The molecule has 6 nitrogen and oxygen atoms in total. The summed E-state index contributed by atoms with van der Waals surface area (Å²) in [6.45, 7) is 4.76. The number of hydrogen-bond acceptors (Lipinski definition) is 6. The summed E-state index contributed by atoms with van der Waals surface area (Å²) in [4.78, 5) is 22.9. The Hall–Kier alpha value is -1.79. The first-order valence-electron chi connectivity index (χ1n) is 8.73. The van der Waals surface area contributed by atoms with Crippen LogP contribution in [-0.2, 0) is 14.3 Å². The van der Waals surface area contributed by atoms with Gasteiger partial charge in [0, 0.05) is 25.0 Å². The second-order valence-corrected chi connectivity index (χ2v) is 6.57. The molecule has 2 atom stereocenters. The lowest BCUT2D eigenvalue weighted by Crippen LogP contribution is -2.23. The van der Waals surface area contributed by atoms with Crippen molar-refractivity contribution >= 4 is 5.78 Å². The molecule has 0 aromatic heterocycles. The number of nitroso groups, excluding NO2 is 1. The molecule has 1 aliphatic rings. The minimum absolute atomic E-state index is 0.159. The molecule has 1 aromatic rings. The van der Waals surface area contributed by atoms with Gasteiger partial charge in [-0.05, 0) is 43.9 Å². The second kappa shape index (κ2) is 9.06. The predicted octanol–water partition coefficient (Wildman–Crippen LogP) is 3.68. The summed E-state index contributed by atoms with van der Waals surface area (Å²) in [7, 11) is 1.59. The Morgan fingerprint density at radius 3 is 2.44 bits per heavy atom. The zero-order valence-electron chi connectivity index (χ0n) is 15.2. The third-order valence-corrected chi connectivity index (χ3v) is 4.84. The standard InChI is InChI=1S/C19H27NO5/c1-14(16-4-6-17(7-5-16)25-15(2)23-3)18(21)19(8-9-19)10-12-24-13-11-20-22/h4-7,14-15H,8-13H2,1-3H3/t14?,15-/m1/s1. The van der Waals surface area contributed by atoms with E-state index in [1.54, 1.807) is 7.11 Å². The molecular weight excluding hydrogens is 322 g/mol. The number of ether oxygens (including phenoxy) is 3. The molecule has 6 heteroatoms. The Bertz CT molecular complexity index is 568. The van der Waals surface area contributed by atoms with Crippen molar-refractivity contribution < 1.29 is 19.0 Å². The van der Waals surface area contributed by atoms with Crippen molar-refractivity contribution in [2.24, 2.45) is 10.6 Å². The molecule has 0 spiro atoms. The van der Waals surface area contributed by atoms with Gasteiger partial charge in [-0.2, -0.15) is 4.91 Å². The predicted molar refractivity (Wildman–Crippen MR) is 94.7 cm³/mol. The van der Waals surface area contributed by atoms with Gasteiger partial charge in [-0.1, -0.05) is 24.2 Å². The van der Waals surface area contributed by atoms with Crippen LogP contribution in [0.2, 0.25) is 0 Å². The van der Waals surface area contributed by atoms with Gasteiger partial charge in [-0.15, -0.1) is 0 Å². The molecule has 2 rings (SSSR count). The number of hydrogen-bond donors (Lipinski definition) is 0. The number of ketones is 1. The van der Waals surface area contributed by atoms with Crippen molar-refractivity contribution in [1.82, 2.24) is 0 Å². The molecule has 0 N–H and O–H groups in total.